The van der Waals surface area contributed by atoms with Crippen molar-refractivity contribution in [1.82, 2.24) is 10.2 Å². The van der Waals surface area contributed by atoms with Gasteiger partial charge in [0.15, 0.2) is 0 Å². The summed E-state index contributed by atoms with van der Waals surface area (Å²) in [7, 11) is 1.87. The molecule has 1 N–H and O–H groups in total. The molecule has 2 aromatic carbocycles. The molecule has 0 aromatic heterocycles. The summed E-state index contributed by atoms with van der Waals surface area (Å²) < 4.78 is 0. The van der Waals surface area contributed by atoms with Crippen LogP contribution in [-0.2, 0) is 6.42 Å². The molecule has 0 saturated carbocycles. The predicted molar refractivity (Wildman–Crippen MR) is 129 cm³/mol. The second-order valence-electron chi connectivity index (χ2n) is 9.46. The monoisotopic (exact) mass is 430 g/mol. The van der Waals surface area contributed by atoms with Crippen LogP contribution >= 0.6 is 0 Å². The summed E-state index contributed by atoms with van der Waals surface area (Å²) in [6.45, 7) is 4.87. The van der Waals surface area contributed by atoms with Crippen LogP contribution in [0.2, 0.25) is 0 Å². The van der Waals surface area contributed by atoms with Crippen LogP contribution in [0, 0.1) is 17.2 Å². The van der Waals surface area contributed by atoms with Crippen molar-refractivity contribution in [2.45, 2.75) is 51.0 Å². The van der Waals surface area contributed by atoms with Crippen molar-refractivity contribution < 1.29 is 4.79 Å². The van der Waals surface area contributed by atoms with Crippen molar-refractivity contribution in [2.75, 3.05) is 31.6 Å². The fourth-order valence-corrected chi connectivity index (χ4v) is 5.20. The molecule has 2 fully saturated rings. The molecule has 2 aliphatic heterocycles. The third-order valence-corrected chi connectivity index (χ3v) is 7.12. The molecule has 2 aliphatic rings. The van der Waals surface area contributed by atoms with Gasteiger partial charge in [-0.05, 0) is 92.8 Å². The highest BCUT2D eigenvalue weighted by molar-refractivity contribution is 5.91. The van der Waals surface area contributed by atoms with Crippen molar-refractivity contribution in [3.8, 4) is 6.07 Å². The lowest BCUT2D eigenvalue weighted by Crippen LogP contribution is -2.45. The van der Waals surface area contributed by atoms with E-state index in [-0.39, 0.29) is 6.03 Å². The Morgan fingerprint density at radius 1 is 1.16 bits per heavy atom. The van der Waals surface area contributed by atoms with Crippen molar-refractivity contribution in [1.29, 1.82) is 5.26 Å². The fraction of sp³-hybridized carbons (Fsp3) is 0.481. The number of hydrogen-bond donors (Lipinski definition) is 1. The standard InChI is InChI=1S/C27H34N4O/c1-20-16-22(10-13-29-20)17-21-6-8-26(9-7-21)30(2)27(32)31-14-11-24(12-15-31)25-5-3-4-23(18-25)19-28/h3-9,18,20,22,24,29H,10-17H2,1-2H3. The number of carbonyl (C=O) groups excluding carboxylic acids is 1. The highest BCUT2D eigenvalue weighted by atomic mass is 16.2. The maximum absolute atomic E-state index is 13.1. The van der Waals surface area contributed by atoms with Gasteiger partial charge in [-0.1, -0.05) is 24.3 Å². The average molecular weight is 431 g/mol. The lowest BCUT2D eigenvalue weighted by Gasteiger charge is -2.35. The van der Waals surface area contributed by atoms with Gasteiger partial charge >= 0.3 is 6.03 Å². The van der Waals surface area contributed by atoms with Gasteiger partial charge in [-0.15, -0.1) is 0 Å². The van der Waals surface area contributed by atoms with Crippen LogP contribution in [0.1, 0.15) is 55.2 Å². The van der Waals surface area contributed by atoms with Crippen molar-refractivity contribution in [2.24, 2.45) is 5.92 Å². The second-order valence-corrected chi connectivity index (χ2v) is 9.46. The molecule has 32 heavy (non-hydrogen) atoms. The summed E-state index contributed by atoms with van der Waals surface area (Å²) in [6, 6.07) is 19.3. The number of anilines is 1. The van der Waals surface area contributed by atoms with Crippen LogP contribution in [0.3, 0.4) is 0 Å². The maximum atomic E-state index is 13.1. The number of urea groups is 1. The lowest BCUT2D eigenvalue weighted by molar-refractivity contribution is 0.189. The maximum Gasteiger partial charge on any atom is 0.324 e. The molecule has 2 saturated heterocycles. The normalized spacial score (nSPS) is 21.7. The van der Waals surface area contributed by atoms with E-state index in [4.69, 9.17) is 5.26 Å². The minimum atomic E-state index is 0.0640. The number of likely N-dealkylation sites (tertiary alicyclic amines) is 1. The summed E-state index contributed by atoms with van der Waals surface area (Å²) in [5, 5.41) is 12.7. The number of piperidine rings is 2. The molecule has 2 atom stereocenters. The predicted octanol–water partition coefficient (Wildman–Crippen LogP) is 4.92. The first-order valence-electron chi connectivity index (χ1n) is 11.9. The Morgan fingerprint density at radius 3 is 2.59 bits per heavy atom. The third-order valence-electron chi connectivity index (χ3n) is 7.12. The van der Waals surface area contributed by atoms with Crippen LogP contribution in [0.4, 0.5) is 10.5 Å². The Morgan fingerprint density at radius 2 is 1.91 bits per heavy atom. The number of nitrogens with zero attached hydrogens (tertiary/aromatic N) is 3. The molecule has 0 aliphatic carbocycles. The molecule has 5 heteroatoms. The molecule has 168 valence electrons. The zero-order valence-electron chi connectivity index (χ0n) is 19.3. The van der Waals surface area contributed by atoms with Crippen LogP contribution < -0.4 is 10.2 Å². The third kappa shape index (κ3) is 5.31. The number of hydrogen-bond acceptors (Lipinski definition) is 3. The summed E-state index contributed by atoms with van der Waals surface area (Å²) in [4.78, 5) is 16.8. The summed E-state index contributed by atoms with van der Waals surface area (Å²) in [6.07, 6.45) is 5.45. The molecule has 0 bridgehead atoms. The van der Waals surface area contributed by atoms with Gasteiger partial charge in [0.05, 0.1) is 11.6 Å². The Labute approximate surface area is 192 Å². The summed E-state index contributed by atoms with van der Waals surface area (Å²) in [5.41, 5.74) is 4.22. The topological polar surface area (TPSA) is 59.4 Å². The lowest BCUT2D eigenvalue weighted by atomic mass is 9.88. The van der Waals surface area contributed by atoms with Gasteiger partial charge in [-0.3, -0.25) is 4.90 Å². The van der Waals surface area contributed by atoms with Crippen molar-refractivity contribution in [3.63, 3.8) is 0 Å². The van der Waals surface area contributed by atoms with E-state index in [1.54, 1.807) is 4.90 Å². The number of nitrogens with one attached hydrogen (secondary N) is 1. The highest BCUT2D eigenvalue weighted by Gasteiger charge is 2.26. The Balaban J connectivity index is 1.31. The number of benzene rings is 2. The van der Waals surface area contributed by atoms with Crippen LogP contribution in [-0.4, -0.2) is 43.7 Å². The second kappa shape index (κ2) is 10.2. The smallest absolute Gasteiger partial charge is 0.324 e. The van der Waals surface area contributed by atoms with Crippen molar-refractivity contribution >= 4 is 11.7 Å². The minimum absolute atomic E-state index is 0.0640. The highest BCUT2D eigenvalue weighted by Crippen LogP contribution is 2.29. The molecule has 4 rings (SSSR count). The van der Waals surface area contributed by atoms with Gasteiger partial charge in [-0.25, -0.2) is 4.79 Å². The number of rotatable bonds is 4. The molecule has 2 unspecified atom stereocenters. The first-order chi connectivity index (χ1) is 15.5. The SMILES string of the molecule is CC1CC(Cc2ccc(N(C)C(=O)N3CCC(c4cccc(C#N)c4)CC3)cc2)CCN1. The van der Waals surface area contributed by atoms with E-state index in [9.17, 15) is 4.79 Å². The van der Waals surface area contributed by atoms with Crippen LogP contribution in [0.15, 0.2) is 48.5 Å². The molecule has 2 aromatic rings. The van der Waals surface area contributed by atoms with Gasteiger partial charge in [0.1, 0.15) is 0 Å². The number of carbonyl (C=O) groups is 1. The first kappa shape index (κ1) is 22.4. The molecular formula is C27H34N4O. The van der Waals surface area contributed by atoms with Gasteiger partial charge in [0.2, 0.25) is 0 Å². The van der Waals surface area contributed by atoms with Crippen molar-refractivity contribution in [3.05, 3.63) is 65.2 Å². The first-order valence-corrected chi connectivity index (χ1v) is 11.9. The Kier molecular flexibility index (Phi) is 7.12. The molecule has 5 nitrogen and oxygen atoms in total. The summed E-state index contributed by atoms with van der Waals surface area (Å²) >= 11 is 0. The van der Waals surface area contributed by atoms with Crippen LogP contribution in [0.25, 0.3) is 0 Å². The quantitative estimate of drug-likeness (QED) is 0.749. The van der Waals surface area contributed by atoms with Gasteiger partial charge in [0, 0.05) is 31.9 Å². The van der Waals surface area contributed by atoms with E-state index in [1.807, 2.05) is 30.1 Å². The van der Waals surface area contributed by atoms with E-state index in [2.05, 4.69) is 48.6 Å². The largest absolute Gasteiger partial charge is 0.324 e. The number of amides is 2. The molecule has 0 radical (unpaired) electrons. The van der Waals surface area contributed by atoms with Gasteiger partial charge < -0.3 is 10.2 Å². The molecular weight excluding hydrogens is 396 g/mol. The van der Waals surface area contributed by atoms with Gasteiger partial charge in [-0.2, -0.15) is 5.26 Å². The number of nitriles is 1. The van der Waals surface area contributed by atoms with Crippen LogP contribution in [0.5, 0.6) is 0 Å². The minimum Gasteiger partial charge on any atom is -0.324 e. The zero-order chi connectivity index (χ0) is 22.5. The molecule has 0 spiro atoms. The molecule has 2 heterocycles. The van der Waals surface area contributed by atoms with Gasteiger partial charge in [0.25, 0.3) is 0 Å². The zero-order valence-corrected chi connectivity index (χ0v) is 19.3. The van der Waals surface area contributed by atoms with E-state index in [1.165, 1.54) is 24.0 Å². The average Bonchev–Trinajstić information content (AvgIpc) is 2.84. The van der Waals surface area contributed by atoms with E-state index >= 15 is 0 Å². The van der Waals surface area contributed by atoms with E-state index in [0.717, 1.165) is 50.5 Å². The fourth-order valence-electron chi connectivity index (χ4n) is 5.20. The summed E-state index contributed by atoms with van der Waals surface area (Å²) in [5.74, 6) is 1.15. The van der Waals surface area contributed by atoms with E-state index < -0.39 is 0 Å². The van der Waals surface area contributed by atoms with E-state index in [0.29, 0.717) is 17.5 Å². The Bertz CT molecular complexity index is 956. The Hall–Kier alpha value is -2.84. The molecule has 2 amide bonds.